The maximum absolute atomic E-state index is 12.5. The summed E-state index contributed by atoms with van der Waals surface area (Å²) in [6.07, 6.45) is 2.54. The Kier molecular flexibility index (Phi) is 6.70. The van der Waals surface area contributed by atoms with E-state index in [1.165, 1.54) is 11.3 Å². The average Bonchev–Trinajstić information content (AvgIpc) is 3.02. The molecule has 0 aromatic carbocycles. The van der Waals surface area contributed by atoms with Gasteiger partial charge in [-0.1, -0.05) is 0 Å². The zero-order chi connectivity index (χ0) is 19.1. The maximum atomic E-state index is 12.5. The number of anilines is 1. The third kappa shape index (κ3) is 4.01. The van der Waals surface area contributed by atoms with Crippen LogP contribution < -0.4 is 5.01 Å². The van der Waals surface area contributed by atoms with Gasteiger partial charge in [0.2, 0.25) is 5.71 Å². The summed E-state index contributed by atoms with van der Waals surface area (Å²) in [4.78, 5) is 25.9. The summed E-state index contributed by atoms with van der Waals surface area (Å²) in [6, 6.07) is 3.22. The van der Waals surface area contributed by atoms with Gasteiger partial charge in [-0.3, -0.25) is 0 Å². The number of hydrazone groups is 1. The molecule has 0 N–H and O–H groups in total. The van der Waals surface area contributed by atoms with Crippen LogP contribution in [-0.2, 0) is 22.3 Å². The summed E-state index contributed by atoms with van der Waals surface area (Å²) in [5, 5.41) is 22.8. The van der Waals surface area contributed by atoms with Gasteiger partial charge in [0.05, 0.1) is 13.2 Å². The summed E-state index contributed by atoms with van der Waals surface area (Å²) in [5.74, 6) is -0.554. The fourth-order valence-corrected chi connectivity index (χ4v) is 3.96. The minimum Gasteiger partial charge on any atom is -0.462 e. The largest absolute Gasteiger partial charge is 0.462 e. The highest BCUT2D eigenvalue weighted by atomic mass is 32.1. The third-order valence-corrected chi connectivity index (χ3v) is 4.94. The minimum absolute atomic E-state index is 0.0825. The first-order chi connectivity index (χ1) is 12.6. The van der Waals surface area contributed by atoms with Crippen LogP contribution in [0.2, 0.25) is 0 Å². The van der Waals surface area contributed by atoms with Gasteiger partial charge in [-0.05, 0) is 45.1 Å². The molecule has 1 aromatic heterocycles. The van der Waals surface area contributed by atoms with Gasteiger partial charge in [-0.2, -0.15) is 15.5 Å². The Morgan fingerprint density at radius 2 is 1.81 bits per heavy atom. The molecule has 0 radical (unpaired) electrons. The van der Waals surface area contributed by atoms with E-state index < -0.39 is 17.8 Å². The lowest BCUT2D eigenvalue weighted by Gasteiger charge is -2.16. The van der Waals surface area contributed by atoms with Crippen molar-refractivity contribution in [3.63, 3.8) is 0 Å². The monoisotopic (exact) mass is 374 g/mol. The highest BCUT2D eigenvalue weighted by Gasteiger charge is 2.32. The van der Waals surface area contributed by atoms with Gasteiger partial charge in [0, 0.05) is 4.88 Å². The Morgan fingerprint density at radius 3 is 2.42 bits per heavy atom. The van der Waals surface area contributed by atoms with E-state index in [1.54, 1.807) is 26.0 Å². The van der Waals surface area contributed by atoms with Gasteiger partial charge in [0.1, 0.15) is 22.7 Å². The molecule has 1 aliphatic carbocycles. The van der Waals surface area contributed by atoms with Crippen molar-refractivity contribution in [2.75, 3.05) is 18.2 Å². The van der Waals surface area contributed by atoms with Crippen molar-refractivity contribution in [1.82, 2.24) is 0 Å². The van der Waals surface area contributed by atoms with Crippen molar-refractivity contribution < 1.29 is 19.1 Å². The van der Waals surface area contributed by atoms with E-state index in [-0.39, 0.29) is 23.8 Å². The smallest absolute Gasteiger partial charge is 0.436 e. The Balaban J connectivity index is 2.63. The molecule has 9 heteroatoms. The number of thiophene rings is 1. The fourth-order valence-electron chi connectivity index (χ4n) is 2.64. The molecular weight excluding hydrogens is 356 g/mol. The summed E-state index contributed by atoms with van der Waals surface area (Å²) in [6.45, 7) is 3.59. The first-order valence-electron chi connectivity index (χ1n) is 8.24. The van der Waals surface area contributed by atoms with E-state index in [1.807, 2.05) is 0 Å². The Labute approximate surface area is 155 Å². The summed E-state index contributed by atoms with van der Waals surface area (Å²) >= 11 is 1.24. The van der Waals surface area contributed by atoms with E-state index in [2.05, 4.69) is 5.10 Å². The molecule has 0 unspecified atom stereocenters. The highest BCUT2D eigenvalue weighted by molar-refractivity contribution is 7.17. The molecule has 2 rings (SSSR count). The molecule has 0 aliphatic heterocycles. The van der Waals surface area contributed by atoms with Crippen LogP contribution >= 0.6 is 11.3 Å². The summed E-state index contributed by atoms with van der Waals surface area (Å²) in [5.41, 5.74) is 0.590. The molecule has 8 nitrogen and oxygen atoms in total. The number of ether oxygens (including phenoxy) is 2. The van der Waals surface area contributed by atoms with Crippen molar-refractivity contribution in [1.29, 1.82) is 10.5 Å². The standard InChI is InChI=1S/C17H18N4O4S/c1-3-24-16(22)14-12-7-5-6-8-13(12)26-15(14)21(17(23)25-4-2)20-11(9-18)10-19/h3-8H2,1-2H3. The Bertz CT molecular complexity index is 800. The van der Waals surface area contributed by atoms with Crippen LogP contribution in [0.15, 0.2) is 5.10 Å². The Morgan fingerprint density at radius 1 is 1.15 bits per heavy atom. The number of amides is 1. The van der Waals surface area contributed by atoms with Gasteiger partial charge in [-0.25, -0.2) is 9.59 Å². The lowest BCUT2D eigenvalue weighted by atomic mass is 9.95. The molecule has 1 amide bonds. The molecule has 1 aromatic rings. The Hall–Kier alpha value is -2.91. The van der Waals surface area contributed by atoms with Crippen molar-refractivity contribution in [2.45, 2.75) is 39.5 Å². The number of nitrogens with zero attached hydrogens (tertiary/aromatic N) is 4. The molecule has 26 heavy (non-hydrogen) atoms. The molecule has 0 fully saturated rings. The number of nitriles is 2. The number of carbonyl (C=O) groups excluding carboxylic acids is 2. The van der Waals surface area contributed by atoms with Crippen LogP contribution in [0.3, 0.4) is 0 Å². The number of hydrogen-bond donors (Lipinski definition) is 0. The quantitative estimate of drug-likeness (QED) is 0.444. The molecule has 1 aliphatic rings. The lowest BCUT2D eigenvalue weighted by molar-refractivity contribution is 0.0526. The molecule has 136 valence electrons. The SMILES string of the molecule is CCOC(=O)c1c(N(N=C(C#N)C#N)C(=O)OCC)sc2c1CCCC2. The fraction of sp³-hybridized carbons (Fsp3) is 0.471. The van der Waals surface area contributed by atoms with Crippen LogP contribution in [0.1, 0.15) is 47.5 Å². The lowest BCUT2D eigenvalue weighted by Crippen LogP contribution is -2.28. The second-order valence-electron chi connectivity index (χ2n) is 5.29. The second kappa shape index (κ2) is 8.97. The molecule has 0 bridgehead atoms. The number of carbonyl (C=O) groups is 2. The van der Waals surface area contributed by atoms with Gasteiger partial charge in [-0.15, -0.1) is 16.4 Å². The average molecular weight is 374 g/mol. The van der Waals surface area contributed by atoms with Crippen molar-refractivity contribution >= 4 is 34.1 Å². The highest BCUT2D eigenvalue weighted by Crippen LogP contribution is 2.41. The van der Waals surface area contributed by atoms with E-state index in [9.17, 15) is 9.59 Å². The van der Waals surface area contributed by atoms with Gasteiger partial charge in [0.25, 0.3) is 0 Å². The van der Waals surface area contributed by atoms with Crippen LogP contribution in [0.25, 0.3) is 0 Å². The second-order valence-corrected chi connectivity index (χ2v) is 6.38. The van der Waals surface area contributed by atoms with Gasteiger partial charge < -0.3 is 9.47 Å². The van der Waals surface area contributed by atoms with Gasteiger partial charge >= 0.3 is 12.1 Å². The van der Waals surface area contributed by atoms with Crippen LogP contribution in [0, 0.1) is 22.7 Å². The van der Waals surface area contributed by atoms with Crippen molar-refractivity contribution in [3.05, 3.63) is 16.0 Å². The predicted molar refractivity (Wildman–Crippen MR) is 95.1 cm³/mol. The van der Waals surface area contributed by atoms with E-state index in [0.29, 0.717) is 6.42 Å². The predicted octanol–water partition coefficient (Wildman–Crippen LogP) is 3.17. The van der Waals surface area contributed by atoms with Crippen molar-refractivity contribution in [2.24, 2.45) is 5.10 Å². The summed E-state index contributed by atoms with van der Waals surface area (Å²) in [7, 11) is 0. The molecule has 0 saturated carbocycles. The van der Waals surface area contributed by atoms with Crippen molar-refractivity contribution in [3.8, 4) is 12.1 Å². The molecule has 0 spiro atoms. The zero-order valence-corrected chi connectivity index (χ0v) is 15.4. The molecule has 1 heterocycles. The maximum Gasteiger partial charge on any atom is 0.436 e. The van der Waals surface area contributed by atoms with E-state index in [0.717, 1.165) is 34.7 Å². The number of rotatable bonds is 5. The topological polar surface area (TPSA) is 116 Å². The zero-order valence-electron chi connectivity index (χ0n) is 14.6. The van der Waals surface area contributed by atoms with E-state index in [4.69, 9.17) is 20.0 Å². The number of fused-ring (bicyclic) bond motifs is 1. The van der Waals surface area contributed by atoms with Gasteiger partial charge in [0.15, 0.2) is 0 Å². The first kappa shape index (κ1) is 19.4. The molecule has 0 atom stereocenters. The summed E-state index contributed by atoms with van der Waals surface area (Å²) < 4.78 is 10.1. The number of hydrogen-bond acceptors (Lipinski definition) is 8. The normalized spacial score (nSPS) is 12.2. The first-order valence-corrected chi connectivity index (χ1v) is 9.06. The van der Waals surface area contributed by atoms with Crippen LogP contribution in [0.5, 0.6) is 0 Å². The third-order valence-electron chi connectivity index (χ3n) is 3.68. The van der Waals surface area contributed by atoms with Crippen LogP contribution in [0.4, 0.5) is 9.80 Å². The number of aryl methyl sites for hydroxylation is 1. The number of esters is 1. The molecular formula is C17H18N4O4S. The minimum atomic E-state index is -0.861. The van der Waals surface area contributed by atoms with Crippen LogP contribution in [-0.4, -0.2) is 31.0 Å². The molecule has 0 saturated heterocycles. The van der Waals surface area contributed by atoms with E-state index >= 15 is 0 Å².